The molecule has 1 amide bonds. The van der Waals surface area contributed by atoms with Gasteiger partial charge in [-0.15, -0.1) is 0 Å². The van der Waals surface area contributed by atoms with Crippen molar-refractivity contribution in [2.75, 3.05) is 13.1 Å². The van der Waals surface area contributed by atoms with Crippen LogP contribution in [0.15, 0.2) is 11.5 Å². The molecule has 0 bridgehead atoms. The number of carbonyl (C=O) groups is 1. The van der Waals surface area contributed by atoms with E-state index in [2.05, 4.69) is 23.3 Å². The first-order chi connectivity index (χ1) is 5.83. The van der Waals surface area contributed by atoms with Gasteiger partial charge in [0.2, 0.25) is 5.91 Å². The van der Waals surface area contributed by atoms with Crippen molar-refractivity contribution in [2.45, 2.75) is 18.9 Å². The average Bonchev–Trinajstić information content (AvgIpc) is 2.06. The van der Waals surface area contributed by atoms with E-state index in [1.54, 1.807) is 0 Å². The SMILES string of the molecule is O=C(/C=C/S)NC1CCNCC1. The second-order valence-electron chi connectivity index (χ2n) is 2.85. The summed E-state index contributed by atoms with van der Waals surface area (Å²) in [5, 5.41) is 7.60. The average molecular weight is 186 g/mol. The van der Waals surface area contributed by atoms with Crippen LogP contribution in [0.2, 0.25) is 0 Å². The summed E-state index contributed by atoms with van der Waals surface area (Å²) in [6.45, 7) is 1.99. The fourth-order valence-corrected chi connectivity index (χ4v) is 1.42. The maximum Gasteiger partial charge on any atom is 0.244 e. The van der Waals surface area contributed by atoms with Gasteiger partial charge in [-0.2, -0.15) is 12.6 Å². The number of carbonyl (C=O) groups excluding carboxylic acids is 1. The van der Waals surface area contributed by atoms with E-state index in [9.17, 15) is 4.79 Å². The molecule has 1 rings (SSSR count). The van der Waals surface area contributed by atoms with Gasteiger partial charge in [0.05, 0.1) is 0 Å². The summed E-state index contributed by atoms with van der Waals surface area (Å²) < 4.78 is 0. The van der Waals surface area contributed by atoms with Gasteiger partial charge in [0.1, 0.15) is 0 Å². The zero-order valence-electron chi connectivity index (χ0n) is 6.92. The van der Waals surface area contributed by atoms with E-state index in [-0.39, 0.29) is 5.91 Å². The number of nitrogens with one attached hydrogen (secondary N) is 2. The largest absolute Gasteiger partial charge is 0.350 e. The highest BCUT2D eigenvalue weighted by atomic mass is 32.1. The molecule has 4 heteroatoms. The molecule has 68 valence electrons. The molecule has 0 aromatic heterocycles. The number of thiol groups is 1. The maximum absolute atomic E-state index is 11.0. The Balaban J connectivity index is 2.24. The second kappa shape index (κ2) is 5.22. The van der Waals surface area contributed by atoms with Crippen LogP contribution in [0.1, 0.15) is 12.8 Å². The lowest BCUT2D eigenvalue weighted by Crippen LogP contribution is -2.42. The third-order valence-electron chi connectivity index (χ3n) is 1.91. The second-order valence-corrected chi connectivity index (χ2v) is 3.15. The molecule has 2 N–H and O–H groups in total. The van der Waals surface area contributed by atoms with E-state index < -0.39 is 0 Å². The minimum absolute atomic E-state index is 0.0445. The van der Waals surface area contributed by atoms with Gasteiger partial charge in [0, 0.05) is 12.1 Å². The highest BCUT2D eigenvalue weighted by Crippen LogP contribution is 2.01. The molecule has 0 spiro atoms. The Hall–Kier alpha value is -0.480. The number of hydrogen-bond donors (Lipinski definition) is 3. The van der Waals surface area contributed by atoms with E-state index in [0.717, 1.165) is 25.9 Å². The van der Waals surface area contributed by atoms with Crippen LogP contribution >= 0.6 is 12.6 Å². The smallest absolute Gasteiger partial charge is 0.244 e. The molecule has 12 heavy (non-hydrogen) atoms. The van der Waals surface area contributed by atoms with Crippen molar-refractivity contribution < 1.29 is 4.79 Å². The van der Waals surface area contributed by atoms with E-state index in [4.69, 9.17) is 0 Å². The first kappa shape index (κ1) is 9.61. The highest BCUT2D eigenvalue weighted by molar-refractivity contribution is 7.83. The van der Waals surface area contributed by atoms with Crippen molar-refractivity contribution in [1.29, 1.82) is 0 Å². The predicted molar refractivity (Wildman–Crippen MR) is 52.2 cm³/mol. The number of rotatable bonds is 2. The van der Waals surface area contributed by atoms with Crippen molar-refractivity contribution in [2.24, 2.45) is 0 Å². The molecule has 0 aromatic carbocycles. The topological polar surface area (TPSA) is 41.1 Å². The van der Waals surface area contributed by atoms with Gasteiger partial charge in [0.15, 0.2) is 0 Å². The number of hydrogen-bond acceptors (Lipinski definition) is 3. The van der Waals surface area contributed by atoms with Crippen molar-refractivity contribution in [3.8, 4) is 0 Å². The van der Waals surface area contributed by atoms with Crippen LogP contribution in [-0.4, -0.2) is 25.0 Å². The van der Waals surface area contributed by atoms with Crippen LogP contribution in [0.4, 0.5) is 0 Å². The molecular formula is C8H14N2OS. The summed E-state index contributed by atoms with van der Waals surface area (Å²) in [6.07, 6.45) is 3.48. The maximum atomic E-state index is 11.0. The Morgan fingerprint density at radius 1 is 1.50 bits per heavy atom. The third kappa shape index (κ3) is 3.28. The van der Waals surface area contributed by atoms with Crippen LogP contribution in [0.3, 0.4) is 0 Å². The molecule has 3 nitrogen and oxygen atoms in total. The molecule has 0 unspecified atom stereocenters. The first-order valence-corrected chi connectivity index (χ1v) is 4.66. The highest BCUT2D eigenvalue weighted by Gasteiger charge is 2.13. The Morgan fingerprint density at radius 2 is 2.17 bits per heavy atom. The van der Waals surface area contributed by atoms with Gasteiger partial charge in [0.25, 0.3) is 0 Å². The molecule has 0 saturated carbocycles. The van der Waals surface area contributed by atoms with Crippen LogP contribution in [0.25, 0.3) is 0 Å². The lowest BCUT2D eigenvalue weighted by molar-refractivity contribution is -0.117. The first-order valence-electron chi connectivity index (χ1n) is 4.15. The van der Waals surface area contributed by atoms with Crippen molar-refractivity contribution in [3.05, 3.63) is 11.5 Å². The molecule has 1 heterocycles. The lowest BCUT2D eigenvalue weighted by Gasteiger charge is -2.22. The molecule has 1 saturated heterocycles. The van der Waals surface area contributed by atoms with Gasteiger partial charge < -0.3 is 10.6 Å². The molecule has 0 atom stereocenters. The molecule has 0 aromatic rings. The zero-order chi connectivity index (χ0) is 8.81. The summed E-state index contributed by atoms with van der Waals surface area (Å²) in [6, 6.07) is 0.336. The summed E-state index contributed by atoms with van der Waals surface area (Å²) in [4.78, 5) is 11.0. The zero-order valence-corrected chi connectivity index (χ0v) is 7.81. The van der Waals surface area contributed by atoms with Crippen molar-refractivity contribution >= 4 is 18.5 Å². The lowest BCUT2D eigenvalue weighted by atomic mass is 10.1. The molecule has 1 fully saturated rings. The van der Waals surface area contributed by atoms with Gasteiger partial charge in [-0.05, 0) is 31.3 Å². The van der Waals surface area contributed by atoms with E-state index in [0.29, 0.717) is 6.04 Å². The van der Waals surface area contributed by atoms with Crippen molar-refractivity contribution in [3.63, 3.8) is 0 Å². The number of amides is 1. The number of piperidine rings is 1. The fourth-order valence-electron chi connectivity index (χ4n) is 1.28. The molecular weight excluding hydrogens is 172 g/mol. The Labute approximate surface area is 78.0 Å². The summed E-state index contributed by atoms with van der Waals surface area (Å²) in [5.74, 6) is -0.0445. The van der Waals surface area contributed by atoms with Crippen LogP contribution in [-0.2, 0) is 4.79 Å². The van der Waals surface area contributed by atoms with E-state index in [1.807, 2.05) is 0 Å². The van der Waals surface area contributed by atoms with Crippen molar-refractivity contribution in [1.82, 2.24) is 10.6 Å². The minimum Gasteiger partial charge on any atom is -0.350 e. The van der Waals surface area contributed by atoms with Crippen LogP contribution in [0.5, 0.6) is 0 Å². The van der Waals surface area contributed by atoms with E-state index in [1.165, 1.54) is 11.5 Å². The quantitative estimate of drug-likeness (QED) is 0.429. The third-order valence-corrected chi connectivity index (χ3v) is 2.06. The normalized spacial score (nSPS) is 19.8. The molecule has 1 aliphatic rings. The fraction of sp³-hybridized carbons (Fsp3) is 0.625. The van der Waals surface area contributed by atoms with Gasteiger partial charge in [-0.3, -0.25) is 4.79 Å². The standard InChI is InChI=1S/C8H14N2OS/c11-8(3-6-12)10-7-1-4-9-5-2-7/h3,6-7,9,12H,1-2,4-5H2,(H,10,11)/b6-3+. The monoisotopic (exact) mass is 186 g/mol. The summed E-state index contributed by atoms with van der Waals surface area (Å²) in [5.41, 5.74) is 0. The molecule has 0 aliphatic carbocycles. The Bertz CT molecular complexity index is 176. The van der Waals surface area contributed by atoms with E-state index >= 15 is 0 Å². The summed E-state index contributed by atoms with van der Waals surface area (Å²) >= 11 is 3.82. The minimum atomic E-state index is -0.0445. The molecule has 1 aliphatic heterocycles. The summed E-state index contributed by atoms with van der Waals surface area (Å²) in [7, 11) is 0. The predicted octanol–water partition coefficient (Wildman–Crippen LogP) is 0.298. The van der Waals surface area contributed by atoms with Gasteiger partial charge in [-0.25, -0.2) is 0 Å². The van der Waals surface area contributed by atoms with Gasteiger partial charge >= 0.3 is 0 Å². The van der Waals surface area contributed by atoms with Gasteiger partial charge in [-0.1, -0.05) is 0 Å². The van der Waals surface area contributed by atoms with Crippen LogP contribution < -0.4 is 10.6 Å². The Morgan fingerprint density at radius 3 is 2.75 bits per heavy atom. The van der Waals surface area contributed by atoms with Crippen LogP contribution in [0, 0.1) is 0 Å². The Kier molecular flexibility index (Phi) is 4.18. The molecule has 0 radical (unpaired) electrons.